The summed E-state index contributed by atoms with van der Waals surface area (Å²) in [7, 11) is 0. The van der Waals surface area contributed by atoms with E-state index in [-0.39, 0.29) is 5.69 Å². The number of aromatic amines is 1. The van der Waals surface area contributed by atoms with Crippen LogP contribution in [0.2, 0.25) is 5.02 Å². The van der Waals surface area contributed by atoms with Gasteiger partial charge in [-0.1, -0.05) is 24.6 Å². The summed E-state index contributed by atoms with van der Waals surface area (Å²) in [4.78, 5) is 19.3. The summed E-state index contributed by atoms with van der Waals surface area (Å²) >= 11 is 5.91. The summed E-state index contributed by atoms with van der Waals surface area (Å²) in [5, 5.41) is 1.41. The number of nitrogens with zero attached hydrogens (tertiary/aromatic N) is 1. The minimum absolute atomic E-state index is 0.160. The van der Waals surface area contributed by atoms with Gasteiger partial charge in [-0.3, -0.25) is 4.79 Å². The molecular weight excluding hydrogens is 291 g/mol. The van der Waals surface area contributed by atoms with Gasteiger partial charge in [0.1, 0.15) is 5.69 Å². The number of H-pyrrole nitrogens is 1. The molecule has 0 amide bonds. The summed E-state index contributed by atoms with van der Waals surface area (Å²) in [5.41, 5.74) is 1.35. The molecule has 0 aliphatic carbocycles. The Hall–Kier alpha value is -2.20. The van der Waals surface area contributed by atoms with Gasteiger partial charge in [0.15, 0.2) is 5.82 Å². The number of aromatic nitrogens is 2. The number of fused-ring (bicyclic) bond motifs is 1. The molecule has 0 aliphatic rings. The van der Waals surface area contributed by atoms with E-state index in [2.05, 4.69) is 9.97 Å². The lowest BCUT2D eigenvalue weighted by Gasteiger charge is -2.03. The van der Waals surface area contributed by atoms with Gasteiger partial charge in [-0.25, -0.2) is 9.37 Å². The highest BCUT2D eigenvalue weighted by molar-refractivity contribution is 6.31. The predicted octanol–water partition coefficient (Wildman–Crippen LogP) is 4.15. The van der Waals surface area contributed by atoms with Crippen molar-refractivity contribution in [1.29, 1.82) is 0 Å². The number of nitrogens with one attached hydrogen (secondary N) is 1. The number of pyridine rings is 1. The molecule has 1 aromatic carbocycles. The topological polar surface area (TPSA) is 45.8 Å². The van der Waals surface area contributed by atoms with Crippen molar-refractivity contribution in [2.75, 3.05) is 0 Å². The van der Waals surface area contributed by atoms with Gasteiger partial charge >= 0.3 is 0 Å². The lowest BCUT2D eigenvalue weighted by atomic mass is 10.1. The molecule has 1 N–H and O–H groups in total. The number of halogens is 2. The van der Waals surface area contributed by atoms with Crippen molar-refractivity contribution in [1.82, 2.24) is 9.97 Å². The van der Waals surface area contributed by atoms with Gasteiger partial charge in [0.05, 0.1) is 5.69 Å². The maximum atomic E-state index is 14.2. The molecule has 3 aromatic rings. The second kappa shape index (κ2) is 5.30. The van der Waals surface area contributed by atoms with E-state index in [0.29, 0.717) is 22.7 Å². The Morgan fingerprint density at radius 3 is 2.90 bits per heavy atom. The van der Waals surface area contributed by atoms with Gasteiger partial charge in [0.25, 0.3) is 0 Å². The SMILES string of the molecule is CCc1ccnc(C(=O)c2cc3ccc(Cl)cc3[nH]2)c1F. The summed E-state index contributed by atoms with van der Waals surface area (Å²) in [6.07, 6.45) is 1.96. The van der Waals surface area contributed by atoms with Gasteiger partial charge in [-0.2, -0.15) is 0 Å². The van der Waals surface area contributed by atoms with Gasteiger partial charge in [0, 0.05) is 22.1 Å². The Labute approximate surface area is 125 Å². The molecule has 2 aromatic heterocycles. The highest BCUT2D eigenvalue weighted by Gasteiger charge is 2.19. The van der Waals surface area contributed by atoms with E-state index in [9.17, 15) is 9.18 Å². The van der Waals surface area contributed by atoms with E-state index < -0.39 is 11.6 Å². The Kier molecular flexibility index (Phi) is 3.47. The Morgan fingerprint density at radius 1 is 1.33 bits per heavy atom. The Balaban J connectivity index is 2.08. The van der Waals surface area contributed by atoms with Crippen LogP contribution in [0.25, 0.3) is 10.9 Å². The Morgan fingerprint density at radius 2 is 2.14 bits per heavy atom. The zero-order valence-corrected chi connectivity index (χ0v) is 12.0. The Bertz CT molecular complexity index is 841. The van der Waals surface area contributed by atoms with Crippen LogP contribution in [0.4, 0.5) is 4.39 Å². The monoisotopic (exact) mass is 302 g/mol. The molecule has 21 heavy (non-hydrogen) atoms. The molecule has 0 saturated carbocycles. The fraction of sp³-hybridized carbons (Fsp3) is 0.125. The molecule has 0 bridgehead atoms. The first-order valence-corrected chi connectivity index (χ1v) is 6.94. The number of benzene rings is 1. The van der Waals surface area contributed by atoms with Crippen molar-refractivity contribution >= 4 is 28.3 Å². The maximum absolute atomic E-state index is 14.2. The van der Waals surface area contributed by atoms with Crippen LogP contribution in [-0.2, 0) is 6.42 Å². The molecule has 0 spiro atoms. The normalized spacial score (nSPS) is 11.0. The second-order valence-corrected chi connectivity index (χ2v) is 5.17. The standard InChI is InChI=1S/C16H12ClFN2O/c1-2-9-5-6-19-15(14(9)18)16(21)13-7-10-3-4-11(17)8-12(10)20-13/h3-8,20H,2H2,1H3. The molecule has 3 nitrogen and oxygen atoms in total. The molecular formula is C16H12ClFN2O. The molecule has 3 rings (SSSR count). The first-order valence-electron chi connectivity index (χ1n) is 6.56. The number of carbonyl (C=O) groups is 1. The van der Waals surface area contributed by atoms with E-state index in [1.54, 1.807) is 30.3 Å². The predicted molar refractivity (Wildman–Crippen MR) is 80.3 cm³/mol. The van der Waals surface area contributed by atoms with Gasteiger partial charge in [-0.15, -0.1) is 0 Å². The summed E-state index contributed by atoms with van der Waals surface area (Å²) in [5.74, 6) is -1.02. The van der Waals surface area contributed by atoms with Gasteiger partial charge in [-0.05, 0) is 36.2 Å². The third kappa shape index (κ3) is 2.43. The molecule has 5 heteroatoms. The van der Waals surface area contributed by atoms with Crippen molar-refractivity contribution in [3.8, 4) is 0 Å². The third-order valence-corrected chi connectivity index (χ3v) is 3.63. The van der Waals surface area contributed by atoms with Crippen LogP contribution in [0.15, 0.2) is 36.5 Å². The minimum atomic E-state index is -0.554. The van der Waals surface area contributed by atoms with Crippen LogP contribution in [-0.4, -0.2) is 15.8 Å². The third-order valence-electron chi connectivity index (χ3n) is 3.39. The fourth-order valence-corrected chi connectivity index (χ4v) is 2.44. The lowest BCUT2D eigenvalue weighted by molar-refractivity contribution is 0.102. The molecule has 0 unspecified atom stereocenters. The van der Waals surface area contributed by atoms with Gasteiger partial charge < -0.3 is 4.98 Å². The van der Waals surface area contributed by atoms with Crippen molar-refractivity contribution in [3.05, 3.63) is 64.3 Å². The quantitative estimate of drug-likeness (QED) is 0.739. The van der Waals surface area contributed by atoms with Crippen molar-refractivity contribution in [3.63, 3.8) is 0 Å². The van der Waals surface area contributed by atoms with Crippen molar-refractivity contribution in [2.45, 2.75) is 13.3 Å². The van der Waals surface area contributed by atoms with Gasteiger partial charge in [0.2, 0.25) is 5.78 Å². The number of rotatable bonds is 3. The number of hydrogen-bond acceptors (Lipinski definition) is 2. The van der Waals surface area contributed by atoms with Crippen molar-refractivity contribution in [2.24, 2.45) is 0 Å². The van der Waals surface area contributed by atoms with Crippen LogP contribution in [0, 0.1) is 5.82 Å². The zero-order chi connectivity index (χ0) is 15.0. The average Bonchev–Trinajstić information content (AvgIpc) is 2.89. The van der Waals surface area contributed by atoms with Crippen LogP contribution >= 0.6 is 11.6 Å². The fourth-order valence-electron chi connectivity index (χ4n) is 2.26. The number of hydrogen-bond donors (Lipinski definition) is 1. The van der Waals surface area contributed by atoms with E-state index >= 15 is 0 Å². The van der Waals surface area contributed by atoms with E-state index in [1.807, 2.05) is 6.92 Å². The molecule has 0 fully saturated rings. The summed E-state index contributed by atoms with van der Waals surface area (Å²) < 4.78 is 14.2. The van der Waals surface area contributed by atoms with Crippen LogP contribution in [0.3, 0.4) is 0 Å². The highest BCUT2D eigenvalue weighted by Crippen LogP contribution is 2.22. The van der Waals surface area contributed by atoms with Crippen LogP contribution in [0.1, 0.15) is 28.7 Å². The van der Waals surface area contributed by atoms with E-state index in [4.69, 9.17) is 11.6 Å². The maximum Gasteiger partial charge on any atom is 0.230 e. The van der Waals surface area contributed by atoms with Crippen molar-refractivity contribution < 1.29 is 9.18 Å². The largest absolute Gasteiger partial charge is 0.352 e. The lowest BCUT2D eigenvalue weighted by Crippen LogP contribution is -2.09. The molecule has 0 atom stereocenters. The molecule has 106 valence electrons. The summed E-state index contributed by atoms with van der Waals surface area (Å²) in [6, 6.07) is 8.52. The minimum Gasteiger partial charge on any atom is -0.352 e. The van der Waals surface area contributed by atoms with Crippen LogP contribution < -0.4 is 0 Å². The average molecular weight is 303 g/mol. The first kappa shape index (κ1) is 13.8. The summed E-state index contributed by atoms with van der Waals surface area (Å²) in [6.45, 7) is 1.83. The number of carbonyl (C=O) groups excluding carboxylic acids is 1. The number of aryl methyl sites for hydroxylation is 1. The zero-order valence-electron chi connectivity index (χ0n) is 11.3. The molecule has 0 saturated heterocycles. The molecule has 2 heterocycles. The second-order valence-electron chi connectivity index (χ2n) is 4.73. The highest BCUT2D eigenvalue weighted by atomic mass is 35.5. The first-order chi connectivity index (χ1) is 10.1. The van der Waals surface area contributed by atoms with E-state index in [1.165, 1.54) is 6.20 Å². The molecule has 0 radical (unpaired) electrons. The smallest absolute Gasteiger partial charge is 0.230 e. The van der Waals surface area contributed by atoms with E-state index in [0.717, 1.165) is 10.9 Å². The molecule has 0 aliphatic heterocycles. The number of ketones is 1. The van der Waals surface area contributed by atoms with Crippen LogP contribution in [0.5, 0.6) is 0 Å².